The molecule has 4 nitrogen and oxygen atoms in total. The Morgan fingerprint density at radius 1 is 0.913 bits per heavy atom. The molecule has 0 aliphatic heterocycles. The molecular formula is C15H18Cl3O4P. The summed E-state index contributed by atoms with van der Waals surface area (Å²) in [6, 6.07) is 17.5. The second-order valence-corrected chi connectivity index (χ2v) is 10.9. The standard InChI is InChI=1S/C9H12O2.C6H6O.Cl3OP/c1-2-9(10,11)8-6-4-3-5-7-8;7-6-4-2-1-3-5-6;1-5(2,3)4/h3-7,10-11H,2H2,1H3;1-5,7H;. The first-order chi connectivity index (χ1) is 10.6. The maximum absolute atomic E-state index is 9.51. The molecule has 0 aliphatic carbocycles. The molecule has 0 heterocycles. The van der Waals surface area contributed by atoms with E-state index in [-0.39, 0.29) is 0 Å². The molecule has 8 heteroatoms. The number of rotatable bonds is 2. The van der Waals surface area contributed by atoms with Gasteiger partial charge in [-0.15, -0.1) is 0 Å². The van der Waals surface area contributed by atoms with Crippen LogP contribution in [0.4, 0.5) is 0 Å². The molecule has 0 fully saturated rings. The van der Waals surface area contributed by atoms with E-state index in [9.17, 15) is 14.8 Å². The Morgan fingerprint density at radius 3 is 1.52 bits per heavy atom. The summed E-state index contributed by atoms with van der Waals surface area (Å²) in [5.74, 6) is -1.34. The summed E-state index contributed by atoms with van der Waals surface area (Å²) in [6.45, 7) is 1.73. The molecule has 0 bridgehead atoms. The summed E-state index contributed by atoms with van der Waals surface area (Å²) in [6.07, 6.45) is 0.303. The average Bonchev–Trinajstić information content (AvgIpc) is 2.48. The molecule has 0 atom stereocenters. The molecule has 128 valence electrons. The van der Waals surface area contributed by atoms with Gasteiger partial charge in [-0.3, -0.25) is 4.57 Å². The van der Waals surface area contributed by atoms with Gasteiger partial charge in [-0.1, -0.05) is 55.5 Å². The van der Waals surface area contributed by atoms with Crippen molar-refractivity contribution in [2.45, 2.75) is 19.1 Å². The van der Waals surface area contributed by atoms with Gasteiger partial charge >= 0.3 is 5.20 Å². The molecule has 0 amide bonds. The number of para-hydroxylation sites is 1. The van der Waals surface area contributed by atoms with Crippen molar-refractivity contribution in [2.75, 3.05) is 0 Å². The largest absolute Gasteiger partial charge is 0.508 e. The van der Waals surface area contributed by atoms with Gasteiger partial charge in [0.05, 0.1) is 0 Å². The first-order valence-electron chi connectivity index (χ1n) is 6.49. The number of benzene rings is 2. The highest BCUT2D eigenvalue weighted by Crippen LogP contribution is 2.61. The third-order valence-corrected chi connectivity index (χ3v) is 2.49. The number of phenolic OH excluding ortho intramolecular Hbond substituents is 1. The van der Waals surface area contributed by atoms with Gasteiger partial charge < -0.3 is 15.3 Å². The van der Waals surface area contributed by atoms with E-state index < -0.39 is 11.0 Å². The molecule has 0 saturated heterocycles. The molecule has 23 heavy (non-hydrogen) atoms. The zero-order chi connectivity index (χ0) is 17.9. The lowest BCUT2D eigenvalue weighted by Crippen LogP contribution is -2.23. The van der Waals surface area contributed by atoms with E-state index in [1.807, 2.05) is 12.1 Å². The summed E-state index contributed by atoms with van der Waals surface area (Å²) in [7, 11) is 0. The van der Waals surface area contributed by atoms with Gasteiger partial charge in [-0.25, -0.2) is 0 Å². The number of aliphatic hydroxyl groups is 2. The fourth-order valence-electron chi connectivity index (χ4n) is 1.34. The minimum absolute atomic E-state index is 0.303. The molecule has 0 radical (unpaired) electrons. The number of aromatic hydroxyl groups is 1. The predicted molar refractivity (Wildman–Crippen MR) is 96.1 cm³/mol. The average molecular weight is 400 g/mol. The van der Waals surface area contributed by atoms with Gasteiger partial charge in [-0.2, -0.15) is 0 Å². The van der Waals surface area contributed by atoms with Crippen molar-refractivity contribution in [2.24, 2.45) is 0 Å². The van der Waals surface area contributed by atoms with Crippen LogP contribution in [-0.4, -0.2) is 15.3 Å². The van der Waals surface area contributed by atoms with Crippen molar-refractivity contribution < 1.29 is 19.9 Å². The van der Waals surface area contributed by atoms with E-state index in [4.69, 9.17) is 5.11 Å². The summed E-state index contributed by atoms with van der Waals surface area (Å²) in [4.78, 5) is 0. The molecular weight excluding hydrogens is 381 g/mol. The maximum atomic E-state index is 9.51. The van der Waals surface area contributed by atoms with Crippen molar-refractivity contribution in [3.63, 3.8) is 0 Å². The van der Waals surface area contributed by atoms with Crippen molar-refractivity contribution in [1.82, 2.24) is 0 Å². The van der Waals surface area contributed by atoms with Crippen LogP contribution in [0.15, 0.2) is 60.7 Å². The topological polar surface area (TPSA) is 77.8 Å². The lowest BCUT2D eigenvalue weighted by Gasteiger charge is -2.19. The number of phenols is 1. The third kappa shape index (κ3) is 13.4. The first kappa shape index (κ1) is 22.3. The second-order valence-electron chi connectivity index (χ2n) is 4.27. The fourth-order valence-corrected chi connectivity index (χ4v) is 1.34. The summed E-state index contributed by atoms with van der Waals surface area (Å²) in [5, 5.41) is 24.1. The smallest absolute Gasteiger partial charge is 0.339 e. The zero-order valence-electron chi connectivity index (χ0n) is 12.3. The highest BCUT2D eigenvalue weighted by atomic mass is 36.0. The Morgan fingerprint density at radius 2 is 1.26 bits per heavy atom. The van der Waals surface area contributed by atoms with Crippen LogP contribution in [0.1, 0.15) is 18.9 Å². The Hall–Kier alpha value is -0.740. The molecule has 0 aromatic heterocycles. The van der Waals surface area contributed by atoms with Crippen molar-refractivity contribution in [1.29, 1.82) is 0 Å². The fraction of sp³-hybridized carbons (Fsp3) is 0.200. The van der Waals surface area contributed by atoms with Gasteiger partial charge in [0.2, 0.25) is 0 Å². The van der Waals surface area contributed by atoms with Crippen LogP contribution in [0.5, 0.6) is 5.75 Å². The second kappa shape index (κ2) is 10.9. The normalized spacial score (nSPS) is 10.7. The molecule has 3 N–H and O–H groups in total. The van der Waals surface area contributed by atoms with E-state index in [1.54, 1.807) is 55.5 Å². The van der Waals surface area contributed by atoms with Crippen LogP contribution in [0.2, 0.25) is 0 Å². The van der Waals surface area contributed by atoms with Gasteiger partial charge in [0.25, 0.3) is 0 Å². The van der Waals surface area contributed by atoms with E-state index in [0.29, 0.717) is 17.7 Å². The van der Waals surface area contributed by atoms with Crippen molar-refractivity contribution >= 4 is 38.9 Å². The molecule has 0 saturated carbocycles. The van der Waals surface area contributed by atoms with E-state index in [0.717, 1.165) is 0 Å². The van der Waals surface area contributed by atoms with Crippen molar-refractivity contribution in [3.8, 4) is 5.75 Å². The Balaban J connectivity index is 0.000000347. The van der Waals surface area contributed by atoms with Gasteiger partial charge in [-0.05, 0) is 45.9 Å². The van der Waals surface area contributed by atoms with Crippen LogP contribution in [0.3, 0.4) is 0 Å². The summed E-state index contributed by atoms with van der Waals surface area (Å²) >= 11 is 13.8. The highest BCUT2D eigenvalue weighted by Gasteiger charge is 2.21. The van der Waals surface area contributed by atoms with E-state index in [1.165, 1.54) is 0 Å². The van der Waals surface area contributed by atoms with Crippen LogP contribution >= 0.6 is 38.9 Å². The van der Waals surface area contributed by atoms with Gasteiger partial charge in [0.1, 0.15) is 5.75 Å². The zero-order valence-corrected chi connectivity index (χ0v) is 15.5. The Kier molecular flexibility index (Phi) is 10.6. The van der Waals surface area contributed by atoms with Crippen LogP contribution in [0.25, 0.3) is 0 Å². The van der Waals surface area contributed by atoms with Gasteiger partial charge in [0.15, 0.2) is 5.79 Å². The maximum Gasteiger partial charge on any atom is 0.339 e. The minimum atomic E-state index is -3.22. The molecule has 0 aliphatic rings. The van der Waals surface area contributed by atoms with E-state index in [2.05, 4.69) is 33.7 Å². The highest BCUT2D eigenvalue weighted by molar-refractivity contribution is 8.24. The number of hydrogen-bond donors (Lipinski definition) is 3. The SMILES string of the molecule is CCC(O)(O)c1ccccc1.O=P(Cl)(Cl)Cl.Oc1ccccc1. The molecule has 2 aromatic rings. The lowest BCUT2D eigenvalue weighted by atomic mass is 10.0. The monoisotopic (exact) mass is 398 g/mol. The summed E-state index contributed by atoms with van der Waals surface area (Å²) < 4.78 is 9.51. The molecule has 2 aromatic carbocycles. The number of hydrogen-bond acceptors (Lipinski definition) is 4. The minimum Gasteiger partial charge on any atom is -0.508 e. The predicted octanol–water partition coefficient (Wildman–Crippen LogP) is 5.44. The quantitative estimate of drug-likeness (QED) is 0.464. The Bertz CT molecular complexity index is 580. The molecule has 2 rings (SSSR count). The van der Waals surface area contributed by atoms with E-state index >= 15 is 0 Å². The Labute approximate surface area is 150 Å². The van der Waals surface area contributed by atoms with Crippen LogP contribution in [-0.2, 0) is 10.4 Å². The molecule has 0 unspecified atom stereocenters. The van der Waals surface area contributed by atoms with Gasteiger partial charge in [0, 0.05) is 12.0 Å². The first-order valence-corrected chi connectivity index (χ1v) is 10.9. The molecule has 0 spiro atoms. The third-order valence-electron chi connectivity index (χ3n) is 2.49. The van der Waals surface area contributed by atoms with Crippen molar-refractivity contribution in [3.05, 3.63) is 66.2 Å². The van der Waals surface area contributed by atoms with Crippen LogP contribution in [0, 0.1) is 0 Å². The summed E-state index contributed by atoms with van der Waals surface area (Å²) in [5.41, 5.74) is 0.544. The lowest BCUT2D eigenvalue weighted by molar-refractivity contribution is -0.171. The van der Waals surface area contributed by atoms with Crippen LogP contribution < -0.4 is 0 Å². The number of halogens is 3.